The van der Waals surface area contributed by atoms with Crippen molar-refractivity contribution in [3.63, 3.8) is 0 Å². The molecule has 6 heteroatoms. The van der Waals surface area contributed by atoms with Crippen molar-refractivity contribution < 1.29 is 14.3 Å². The molecule has 3 N–H and O–H groups in total. The minimum absolute atomic E-state index is 0.0645. The maximum absolute atomic E-state index is 12.3. The smallest absolute Gasteiger partial charge is 0.243 e. The van der Waals surface area contributed by atoms with E-state index in [0.717, 1.165) is 23.4 Å². The van der Waals surface area contributed by atoms with Crippen molar-refractivity contribution in [3.8, 4) is 5.75 Å². The number of hydrogen-bond donors (Lipinski definition) is 3. The summed E-state index contributed by atoms with van der Waals surface area (Å²) in [6.07, 6.45) is 2.03. The van der Waals surface area contributed by atoms with E-state index in [1.165, 1.54) is 0 Å². The Hall–Kier alpha value is -3.80. The molecule has 0 bridgehead atoms. The van der Waals surface area contributed by atoms with Crippen LogP contribution in [-0.2, 0) is 16.0 Å². The first-order chi connectivity index (χ1) is 15.6. The Morgan fingerprint density at radius 1 is 0.781 bits per heavy atom. The van der Waals surface area contributed by atoms with Gasteiger partial charge >= 0.3 is 0 Å². The standard InChI is InChI=1S/C26H29N3O3/c1-2-17-32-24-14-12-21(13-15-24)27-19-26(31)29-23-10-6-9-22(18-23)28-25(30)16-11-20-7-4-3-5-8-20/h3-10,12-15,18,27H,2,11,16-17,19H2,1H3,(H,28,30)(H,29,31). The van der Waals surface area contributed by atoms with Crippen LogP contribution in [0.5, 0.6) is 5.75 Å². The zero-order chi connectivity index (χ0) is 22.6. The first-order valence-electron chi connectivity index (χ1n) is 10.8. The van der Waals surface area contributed by atoms with Crippen molar-refractivity contribution in [3.05, 3.63) is 84.4 Å². The quantitative estimate of drug-likeness (QED) is 0.395. The number of carbonyl (C=O) groups is 2. The fourth-order valence-electron chi connectivity index (χ4n) is 3.08. The van der Waals surface area contributed by atoms with Gasteiger partial charge in [0, 0.05) is 23.5 Å². The molecule has 0 heterocycles. The van der Waals surface area contributed by atoms with E-state index in [-0.39, 0.29) is 18.4 Å². The van der Waals surface area contributed by atoms with Gasteiger partial charge in [-0.05, 0) is 60.9 Å². The molecule has 32 heavy (non-hydrogen) atoms. The summed E-state index contributed by atoms with van der Waals surface area (Å²) in [5.41, 5.74) is 3.24. The minimum atomic E-state index is -0.177. The summed E-state index contributed by atoms with van der Waals surface area (Å²) < 4.78 is 5.55. The highest BCUT2D eigenvalue weighted by Crippen LogP contribution is 2.17. The number of amides is 2. The Labute approximate surface area is 189 Å². The number of rotatable bonds is 11. The summed E-state index contributed by atoms with van der Waals surface area (Å²) in [7, 11) is 0. The summed E-state index contributed by atoms with van der Waals surface area (Å²) in [5.74, 6) is 0.568. The van der Waals surface area contributed by atoms with Crippen molar-refractivity contribution in [2.75, 3.05) is 29.1 Å². The molecule has 0 spiro atoms. The summed E-state index contributed by atoms with van der Waals surface area (Å²) in [6.45, 7) is 2.87. The topological polar surface area (TPSA) is 79.5 Å². The van der Waals surface area contributed by atoms with Crippen LogP contribution in [0.4, 0.5) is 17.1 Å². The lowest BCUT2D eigenvalue weighted by atomic mass is 10.1. The number of aryl methyl sites for hydroxylation is 1. The first-order valence-corrected chi connectivity index (χ1v) is 10.8. The van der Waals surface area contributed by atoms with Gasteiger partial charge in [0.1, 0.15) is 5.75 Å². The molecule has 3 rings (SSSR count). The number of benzene rings is 3. The van der Waals surface area contributed by atoms with Crippen LogP contribution in [0.25, 0.3) is 0 Å². The van der Waals surface area contributed by atoms with Gasteiger partial charge in [0.15, 0.2) is 0 Å². The van der Waals surface area contributed by atoms with E-state index in [4.69, 9.17) is 4.74 Å². The summed E-state index contributed by atoms with van der Waals surface area (Å²) in [4.78, 5) is 24.5. The monoisotopic (exact) mass is 431 g/mol. The number of hydrogen-bond acceptors (Lipinski definition) is 4. The fraction of sp³-hybridized carbons (Fsp3) is 0.231. The lowest BCUT2D eigenvalue weighted by molar-refractivity contribution is -0.116. The van der Waals surface area contributed by atoms with Gasteiger partial charge in [0.25, 0.3) is 0 Å². The number of nitrogens with one attached hydrogen (secondary N) is 3. The van der Waals surface area contributed by atoms with Crippen LogP contribution < -0.4 is 20.7 Å². The maximum atomic E-state index is 12.3. The predicted molar refractivity (Wildman–Crippen MR) is 129 cm³/mol. The van der Waals surface area contributed by atoms with Gasteiger partial charge in [-0.15, -0.1) is 0 Å². The normalized spacial score (nSPS) is 10.3. The zero-order valence-corrected chi connectivity index (χ0v) is 18.3. The Morgan fingerprint density at radius 2 is 1.47 bits per heavy atom. The highest BCUT2D eigenvalue weighted by atomic mass is 16.5. The second-order valence-corrected chi connectivity index (χ2v) is 7.39. The van der Waals surface area contributed by atoms with Crippen molar-refractivity contribution in [1.29, 1.82) is 0 Å². The molecule has 0 unspecified atom stereocenters. The third kappa shape index (κ3) is 7.80. The van der Waals surface area contributed by atoms with E-state index in [1.54, 1.807) is 24.3 Å². The van der Waals surface area contributed by atoms with Gasteiger partial charge in [-0.3, -0.25) is 9.59 Å². The molecule has 6 nitrogen and oxygen atoms in total. The average molecular weight is 432 g/mol. The lowest BCUT2D eigenvalue weighted by Crippen LogP contribution is -2.21. The van der Waals surface area contributed by atoms with E-state index in [2.05, 4.69) is 22.9 Å². The Balaban J connectivity index is 1.44. The first kappa shape index (κ1) is 22.9. The Kier molecular flexibility index (Phi) is 8.69. The molecule has 0 aliphatic heterocycles. The molecule has 0 aromatic heterocycles. The minimum Gasteiger partial charge on any atom is -0.494 e. The molecule has 0 radical (unpaired) electrons. The molecular weight excluding hydrogens is 402 g/mol. The number of carbonyl (C=O) groups excluding carboxylic acids is 2. The van der Waals surface area contributed by atoms with Crippen molar-refractivity contribution in [2.45, 2.75) is 26.2 Å². The zero-order valence-electron chi connectivity index (χ0n) is 18.3. The molecule has 0 fully saturated rings. The van der Waals surface area contributed by atoms with E-state index < -0.39 is 0 Å². The van der Waals surface area contributed by atoms with E-state index in [0.29, 0.717) is 30.8 Å². The molecule has 166 valence electrons. The second-order valence-electron chi connectivity index (χ2n) is 7.39. The van der Waals surface area contributed by atoms with Gasteiger partial charge in [0.05, 0.1) is 13.2 Å². The van der Waals surface area contributed by atoms with Crippen LogP contribution >= 0.6 is 0 Å². The summed E-state index contributed by atoms with van der Waals surface area (Å²) in [6, 6.07) is 24.5. The van der Waals surface area contributed by atoms with Crippen molar-refractivity contribution in [2.24, 2.45) is 0 Å². The van der Waals surface area contributed by atoms with Gasteiger partial charge in [-0.1, -0.05) is 43.3 Å². The van der Waals surface area contributed by atoms with Crippen LogP contribution in [0.1, 0.15) is 25.3 Å². The summed E-state index contributed by atoms with van der Waals surface area (Å²) >= 11 is 0. The molecular formula is C26H29N3O3. The number of anilines is 3. The number of ether oxygens (including phenoxy) is 1. The molecule has 2 amide bonds. The van der Waals surface area contributed by atoms with E-state index in [9.17, 15) is 9.59 Å². The van der Waals surface area contributed by atoms with Crippen molar-refractivity contribution in [1.82, 2.24) is 0 Å². The molecule has 3 aromatic rings. The van der Waals surface area contributed by atoms with Crippen LogP contribution in [0.15, 0.2) is 78.9 Å². The molecule has 0 atom stereocenters. The molecule has 0 aliphatic rings. The fourth-order valence-corrected chi connectivity index (χ4v) is 3.08. The van der Waals surface area contributed by atoms with Crippen molar-refractivity contribution >= 4 is 28.9 Å². The van der Waals surface area contributed by atoms with Crippen LogP contribution in [0, 0.1) is 0 Å². The average Bonchev–Trinajstić information content (AvgIpc) is 2.82. The van der Waals surface area contributed by atoms with Crippen LogP contribution in [-0.4, -0.2) is 25.0 Å². The van der Waals surface area contributed by atoms with Crippen LogP contribution in [0.3, 0.4) is 0 Å². The highest BCUT2D eigenvalue weighted by molar-refractivity contribution is 5.95. The van der Waals surface area contributed by atoms with E-state index >= 15 is 0 Å². The van der Waals surface area contributed by atoms with E-state index in [1.807, 2.05) is 54.6 Å². The highest BCUT2D eigenvalue weighted by Gasteiger charge is 2.06. The lowest BCUT2D eigenvalue weighted by Gasteiger charge is -2.11. The van der Waals surface area contributed by atoms with Gasteiger partial charge in [-0.25, -0.2) is 0 Å². The predicted octanol–water partition coefficient (Wildman–Crippen LogP) is 5.10. The molecule has 0 saturated heterocycles. The SMILES string of the molecule is CCCOc1ccc(NCC(=O)Nc2cccc(NC(=O)CCc3ccccc3)c2)cc1. The van der Waals surface area contributed by atoms with Gasteiger partial charge in [-0.2, -0.15) is 0 Å². The third-order valence-corrected chi connectivity index (χ3v) is 4.69. The van der Waals surface area contributed by atoms with Gasteiger partial charge in [0.2, 0.25) is 11.8 Å². The summed E-state index contributed by atoms with van der Waals surface area (Å²) in [5, 5.41) is 8.82. The largest absolute Gasteiger partial charge is 0.494 e. The van der Waals surface area contributed by atoms with Gasteiger partial charge < -0.3 is 20.7 Å². The Morgan fingerprint density at radius 3 is 2.16 bits per heavy atom. The third-order valence-electron chi connectivity index (χ3n) is 4.69. The van der Waals surface area contributed by atoms with Crippen LogP contribution in [0.2, 0.25) is 0 Å². The second kappa shape index (κ2) is 12.2. The molecule has 3 aromatic carbocycles. The maximum Gasteiger partial charge on any atom is 0.243 e. The molecule has 0 saturated carbocycles. The molecule has 0 aliphatic carbocycles. The Bertz CT molecular complexity index is 1000.